The van der Waals surface area contributed by atoms with E-state index in [1.807, 2.05) is 26.0 Å². The van der Waals surface area contributed by atoms with Crippen molar-refractivity contribution in [3.8, 4) is 0 Å². The first-order chi connectivity index (χ1) is 11.8. The number of halogens is 2. The van der Waals surface area contributed by atoms with Crippen molar-refractivity contribution in [2.45, 2.75) is 20.8 Å². The zero-order valence-corrected chi connectivity index (χ0v) is 15.9. The molecular formula is C19H20Cl2N2O2. The lowest BCUT2D eigenvalue weighted by Crippen LogP contribution is -2.38. The highest BCUT2D eigenvalue weighted by Gasteiger charge is 2.18. The second-order valence-electron chi connectivity index (χ2n) is 5.85. The number of hydrogen-bond acceptors (Lipinski definition) is 2. The molecule has 0 aliphatic rings. The van der Waals surface area contributed by atoms with Gasteiger partial charge in [-0.05, 0) is 49.2 Å². The fourth-order valence-corrected chi connectivity index (χ4v) is 3.30. The number of carbonyl (C=O) groups is 2. The van der Waals surface area contributed by atoms with E-state index < -0.39 is 0 Å². The molecule has 0 atom stereocenters. The predicted octanol–water partition coefficient (Wildman–Crippen LogP) is 4.39. The Morgan fingerprint density at radius 1 is 1.12 bits per heavy atom. The van der Waals surface area contributed by atoms with Gasteiger partial charge in [-0.15, -0.1) is 0 Å². The van der Waals surface area contributed by atoms with Crippen LogP contribution in [0.4, 0.5) is 5.69 Å². The molecule has 0 aromatic heterocycles. The Morgan fingerprint density at radius 2 is 1.84 bits per heavy atom. The topological polar surface area (TPSA) is 49.4 Å². The molecule has 0 aliphatic carbocycles. The molecule has 2 rings (SSSR count). The Balaban J connectivity index is 2.09. The Morgan fingerprint density at radius 3 is 2.44 bits per heavy atom. The van der Waals surface area contributed by atoms with Gasteiger partial charge in [-0.2, -0.15) is 0 Å². The molecule has 2 aromatic rings. The highest BCUT2D eigenvalue weighted by atomic mass is 35.5. The second-order valence-corrected chi connectivity index (χ2v) is 6.69. The van der Waals surface area contributed by atoms with Gasteiger partial charge in [0.1, 0.15) is 0 Å². The van der Waals surface area contributed by atoms with Gasteiger partial charge in [0, 0.05) is 30.6 Å². The highest BCUT2D eigenvalue weighted by molar-refractivity contribution is 6.34. The van der Waals surface area contributed by atoms with E-state index in [1.54, 1.807) is 29.2 Å². The first kappa shape index (κ1) is 19.3. The molecule has 6 heteroatoms. The molecule has 0 aliphatic heterocycles. The fraction of sp³-hybridized carbons (Fsp3) is 0.263. The van der Waals surface area contributed by atoms with E-state index in [0.29, 0.717) is 34.4 Å². The van der Waals surface area contributed by atoms with E-state index in [4.69, 9.17) is 23.2 Å². The van der Waals surface area contributed by atoms with Crippen molar-refractivity contribution >= 4 is 40.7 Å². The molecule has 0 saturated carbocycles. The van der Waals surface area contributed by atoms with Crippen LogP contribution in [-0.4, -0.2) is 24.9 Å². The minimum atomic E-state index is -0.238. The average Bonchev–Trinajstić information content (AvgIpc) is 2.52. The third-order valence-corrected chi connectivity index (χ3v) is 4.28. The molecule has 0 unspecified atom stereocenters. The Kier molecular flexibility index (Phi) is 6.45. The normalized spacial score (nSPS) is 10.4. The summed E-state index contributed by atoms with van der Waals surface area (Å²) in [4.78, 5) is 25.8. The van der Waals surface area contributed by atoms with Crippen LogP contribution < -0.4 is 10.2 Å². The van der Waals surface area contributed by atoms with Crippen LogP contribution in [0.15, 0.2) is 36.4 Å². The van der Waals surface area contributed by atoms with E-state index in [9.17, 15) is 9.59 Å². The van der Waals surface area contributed by atoms with Crippen LogP contribution in [0.3, 0.4) is 0 Å². The number of rotatable bonds is 5. The molecular weight excluding hydrogens is 359 g/mol. The molecule has 0 saturated heterocycles. The molecule has 0 bridgehead atoms. The van der Waals surface area contributed by atoms with Gasteiger partial charge in [0.2, 0.25) is 5.91 Å². The quantitative estimate of drug-likeness (QED) is 0.838. The number of nitrogens with one attached hydrogen (secondary N) is 1. The lowest BCUT2D eigenvalue weighted by atomic mass is 10.1. The van der Waals surface area contributed by atoms with Gasteiger partial charge in [-0.1, -0.05) is 35.3 Å². The molecule has 4 nitrogen and oxygen atoms in total. The molecule has 0 heterocycles. The van der Waals surface area contributed by atoms with E-state index in [0.717, 1.165) is 11.1 Å². The van der Waals surface area contributed by atoms with Gasteiger partial charge >= 0.3 is 0 Å². The maximum Gasteiger partial charge on any atom is 0.251 e. The first-order valence-electron chi connectivity index (χ1n) is 7.88. The van der Waals surface area contributed by atoms with Crippen molar-refractivity contribution in [2.75, 3.05) is 18.0 Å². The van der Waals surface area contributed by atoms with Crippen molar-refractivity contribution in [3.05, 3.63) is 63.1 Å². The smallest absolute Gasteiger partial charge is 0.251 e. The van der Waals surface area contributed by atoms with Crippen LogP contribution in [0.1, 0.15) is 28.4 Å². The fourth-order valence-electron chi connectivity index (χ4n) is 2.69. The van der Waals surface area contributed by atoms with Crippen molar-refractivity contribution < 1.29 is 9.59 Å². The Hall–Kier alpha value is -2.04. The third-order valence-electron chi connectivity index (χ3n) is 3.76. The standard InChI is InChI=1S/C19H20Cl2N2O2/c1-12-9-13(2)18(17(21)10-12)23(14(3)24)8-7-22-19(25)15-5-4-6-16(20)11-15/h4-6,9-11H,7-8H2,1-3H3,(H,22,25). The summed E-state index contributed by atoms with van der Waals surface area (Å²) in [5.41, 5.74) is 3.11. The molecule has 0 spiro atoms. The minimum Gasteiger partial charge on any atom is -0.350 e. The van der Waals surface area contributed by atoms with Crippen molar-refractivity contribution in [2.24, 2.45) is 0 Å². The minimum absolute atomic E-state index is 0.133. The SMILES string of the molecule is CC(=O)N(CCNC(=O)c1cccc(Cl)c1)c1c(C)cc(C)cc1Cl. The number of benzene rings is 2. The van der Waals surface area contributed by atoms with Gasteiger partial charge in [0.15, 0.2) is 0 Å². The summed E-state index contributed by atoms with van der Waals surface area (Å²) in [6.45, 7) is 5.97. The molecule has 132 valence electrons. The second kappa shape index (κ2) is 8.37. The van der Waals surface area contributed by atoms with Gasteiger partial charge < -0.3 is 10.2 Å². The number of amides is 2. The average molecular weight is 379 g/mol. The number of carbonyl (C=O) groups excluding carboxylic acids is 2. The van der Waals surface area contributed by atoms with Gasteiger partial charge in [0.05, 0.1) is 10.7 Å². The van der Waals surface area contributed by atoms with Crippen LogP contribution in [0.2, 0.25) is 10.0 Å². The summed E-state index contributed by atoms with van der Waals surface area (Å²) in [5, 5.41) is 3.82. The third kappa shape index (κ3) is 4.97. The van der Waals surface area contributed by atoms with Crippen LogP contribution in [0.5, 0.6) is 0 Å². The monoisotopic (exact) mass is 378 g/mol. The summed E-state index contributed by atoms with van der Waals surface area (Å²) < 4.78 is 0. The first-order valence-corrected chi connectivity index (χ1v) is 8.64. The molecule has 1 N–H and O–H groups in total. The molecule has 2 aromatic carbocycles. The van der Waals surface area contributed by atoms with Crippen molar-refractivity contribution in [3.63, 3.8) is 0 Å². The Labute approximate surface area is 157 Å². The van der Waals surface area contributed by atoms with E-state index >= 15 is 0 Å². The van der Waals surface area contributed by atoms with Crippen LogP contribution >= 0.6 is 23.2 Å². The van der Waals surface area contributed by atoms with Crippen LogP contribution in [0.25, 0.3) is 0 Å². The summed E-state index contributed by atoms with van der Waals surface area (Å²) >= 11 is 12.2. The summed E-state index contributed by atoms with van der Waals surface area (Å²) in [6.07, 6.45) is 0. The van der Waals surface area contributed by atoms with Crippen LogP contribution in [-0.2, 0) is 4.79 Å². The van der Waals surface area contributed by atoms with Gasteiger partial charge in [-0.3, -0.25) is 9.59 Å². The lowest BCUT2D eigenvalue weighted by molar-refractivity contribution is -0.116. The number of hydrogen-bond donors (Lipinski definition) is 1. The van der Waals surface area contributed by atoms with Gasteiger partial charge in [0.25, 0.3) is 5.91 Å². The summed E-state index contributed by atoms with van der Waals surface area (Å²) in [6, 6.07) is 10.5. The van der Waals surface area contributed by atoms with Crippen molar-refractivity contribution in [1.29, 1.82) is 0 Å². The molecule has 25 heavy (non-hydrogen) atoms. The van der Waals surface area contributed by atoms with Crippen molar-refractivity contribution in [1.82, 2.24) is 5.32 Å². The van der Waals surface area contributed by atoms with E-state index in [1.165, 1.54) is 6.92 Å². The maximum atomic E-state index is 12.2. The highest BCUT2D eigenvalue weighted by Crippen LogP contribution is 2.31. The molecule has 0 radical (unpaired) electrons. The number of anilines is 1. The van der Waals surface area contributed by atoms with E-state index in [-0.39, 0.29) is 11.8 Å². The summed E-state index contributed by atoms with van der Waals surface area (Å²) in [5.74, 6) is -0.372. The van der Waals surface area contributed by atoms with E-state index in [2.05, 4.69) is 5.32 Å². The largest absolute Gasteiger partial charge is 0.350 e. The van der Waals surface area contributed by atoms with Crippen LogP contribution in [0, 0.1) is 13.8 Å². The number of aryl methyl sites for hydroxylation is 2. The molecule has 0 fully saturated rings. The van der Waals surface area contributed by atoms with Gasteiger partial charge in [-0.25, -0.2) is 0 Å². The lowest BCUT2D eigenvalue weighted by Gasteiger charge is -2.25. The predicted molar refractivity (Wildman–Crippen MR) is 103 cm³/mol. The maximum absolute atomic E-state index is 12.2. The number of nitrogens with zero attached hydrogens (tertiary/aromatic N) is 1. The Bertz CT molecular complexity index is 783. The summed E-state index contributed by atoms with van der Waals surface area (Å²) in [7, 11) is 0. The zero-order valence-electron chi connectivity index (χ0n) is 14.4. The molecule has 2 amide bonds. The zero-order chi connectivity index (χ0) is 18.6.